The molecule has 8 nitrogen and oxygen atoms in total. The highest BCUT2D eigenvalue weighted by Crippen LogP contribution is 2.29. The first-order valence-electron chi connectivity index (χ1n) is 9.34. The van der Waals surface area contributed by atoms with Crippen LogP contribution in [-0.4, -0.2) is 67.4 Å². The molecule has 0 radical (unpaired) electrons. The molecule has 0 spiro atoms. The van der Waals surface area contributed by atoms with Crippen molar-refractivity contribution in [3.63, 3.8) is 0 Å². The van der Waals surface area contributed by atoms with Gasteiger partial charge in [0, 0.05) is 37.3 Å². The van der Waals surface area contributed by atoms with E-state index in [0.717, 1.165) is 0 Å². The second-order valence-corrected chi connectivity index (χ2v) is 6.86. The van der Waals surface area contributed by atoms with Crippen LogP contribution in [0.3, 0.4) is 0 Å². The summed E-state index contributed by atoms with van der Waals surface area (Å²) in [5.41, 5.74) is 1.57. The van der Waals surface area contributed by atoms with Crippen LogP contribution in [-0.2, 0) is 4.79 Å². The van der Waals surface area contributed by atoms with Crippen molar-refractivity contribution in [2.24, 2.45) is 0 Å². The third-order valence-electron chi connectivity index (χ3n) is 5.05. The molecule has 1 saturated heterocycles. The highest BCUT2D eigenvalue weighted by Gasteiger charge is 2.26. The van der Waals surface area contributed by atoms with E-state index in [1.165, 1.54) is 0 Å². The highest BCUT2D eigenvalue weighted by molar-refractivity contribution is 6.00. The van der Waals surface area contributed by atoms with Crippen LogP contribution >= 0.6 is 0 Å². The summed E-state index contributed by atoms with van der Waals surface area (Å²) in [7, 11) is 1.58. The van der Waals surface area contributed by atoms with E-state index < -0.39 is 0 Å². The third kappa shape index (κ3) is 3.87. The van der Waals surface area contributed by atoms with E-state index >= 15 is 0 Å². The second-order valence-electron chi connectivity index (χ2n) is 6.86. The van der Waals surface area contributed by atoms with Crippen molar-refractivity contribution in [1.82, 2.24) is 9.80 Å². The van der Waals surface area contributed by atoms with E-state index in [1.54, 1.807) is 59.4 Å². The molecule has 2 aromatic rings. The van der Waals surface area contributed by atoms with E-state index in [4.69, 9.17) is 9.47 Å². The number of methoxy groups -OCH3 is 1. The molecular weight excluding hydrogens is 374 g/mol. The smallest absolute Gasteiger partial charge is 0.262 e. The van der Waals surface area contributed by atoms with Gasteiger partial charge in [-0.25, -0.2) is 0 Å². The van der Waals surface area contributed by atoms with Gasteiger partial charge in [0.1, 0.15) is 11.5 Å². The molecule has 150 valence electrons. The van der Waals surface area contributed by atoms with Crippen LogP contribution < -0.4 is 14.8 Å². The molecule has 1 fully saturated rings. The van der Waals surface area contributed by atoms with Crippen molar-refractivity contribution in [3.05, 3.63) is 53.6 Å². The molecule has 0 bridgehead atoms. The number of anilines is 1. The number of hydrogen-bond donors (Lipinski definition) is 1. The van der Waals surface area contributed by atoms with Gasteiger partial charge in [-0.1, -0.05) is 0 Å². The summed E-state index contributed by atoms with van der Waals surface area (Å²) in [6.07, 6.45) is 0. The summed E-state index contributed by atoms with van der Waals surface area (Å²) in [6, 6.07) is 12.0. The van der Waals surface area contributed by atoms with Gasteiger partial charge in [0.25, 0.3) is 17.7 Å². The van der Waals surface area contributed by atoms with Crippen LogP contribution in [0.4, 0.5) is 5.69 Å². The standard InChI is InChI=1S/C21H21N3O5/c1-28-16-5-2-14(3-6-16)20(26)23-8-10-24(11-9-23)21(27)15-4-7-18-17(12-15)22-19(25)13-29-18/h2-7,12H,8-11,13H2,1H3,(H,22,25). The Morgan fingerprint density at radius 3 is 2.14 bits per heavy atom. The van der Waals surface area contributed by atoms with Crippen molar-refractivity contribution >= 4 is 23.4 Å². The number of fused-ring (bicyclic) bond motifs is 1. The van der Waals surface area contributed by atoms with Crippen LogP contribution in [0.1, 0.15) is 20.7 Å². The number of hydrogen-bond acceptors (Lipinski definition) is 5. The second kappa shape index (κ2) is 7.83. The fourth-order valence-electron chi connectivity index (χ4n) is 3.43. The number of carbonyl (C=O) groups excluding carboxylic acids is 3. The number of amides is 3. The van der Waals surface area contributed by atoms with Crippen molar-refractivity contribution in [2.45, 2.75) is 0 Å². The van der Waals surface area contributed by atoms with Crippen LogP contribution in [0.2, 0.25) is 0 Å². The van der Waals surface area contributed by atoms with E-state index in [1.807, 2.05) is 0 Å². The Morgan fingerprint density at radius 1 is 0.931 bits per heavy atom. The number of benzene rings is 2. The van der Waals surface area contributed by atoms with Gasteiger partial charge >= 0.3 is 0 Å². The highest BCUT2D eigenvalue weighted by atomic mass is 16.5. The monoisotopic (exact) mass is 395 g/mol. The molecule has 0 aromatic heterocycles. The van der Waals surface area contributed by atoms with Gasteiger partial charge in [0.15, 0.2) is 6.61 Å². The van der Waals surface area contributed by atoms with E-state index in [9.17, 15) is 14.4 Å². The molecule has 0 saturated carbocycles. The zero-order chi connectivity index (χ0) is 20.4. The first-order chi connectivity index (χ1) is 14.0. The normalized spacial score (nSPS) is 15.8. The van der Waals surface area contributed by atoms with Crippen molar-refractivity contribution < 1.29 is 23.9 Å². The van der Waals surface area contributed by atoms with Gasteiger partial charge in [-0.15, -0.1) is 0 Å². The lowest BCUT2D eigenvalue weighted by Gasteiger charge is -2.35. The number of nitrogens with zero attached hydrogens (tertiary/aromatic N) is 2. The molecule has 1 N–H and O–H groups in total. The number of nitrogens with one attached hydrogen (secondary N) is 1. The molecule has 29 heavy (non-hydrogen) atoms. The van der Waals surface area contributed by atoms with E-state index in [2.05, 4.69) is 5.32 Å². The van der Waals surface area contributed by atoms with E-state index in [0.29, 0.717) is 54.5 Å². The first kappa shape index (κ1) is 18.8. The van der Waals surface area contributed by atoms with Crippen LogP contribution in [0.15, 0.2) is 42.5 Å². The maximum atomic E-state index is 12.8. The van der Waals surface area contributed by atoms with Gasteiger partial charge < -0.3 is 24.6 Å². The van der Waals surface area contributed by atoms with Gasteiger partial charge in [-0.3, -0.25) is 14.4 Å². The maximum absolute atomic E-state index is 12.8. The molecule has 2 aliphatic rings. The SMILES string of the molecule is COc1ccc(C(=O)N2CCN(C(=O)c3ccc4c(c3)NC(=O)CO4)CC2)cc1. The molecule has 2 aliphatic heterocycles. The summed E-state index contributed by atoms with van der Waals surface area (Å²) in [5, 5.41) is 2.71. The molecule has 0 unspecified atom stereocenters. The predicted molar refractivity (Wildman–Crippen MR) is 105 cm³/mol. The topological polar surface area (TPSA) is 88.2 Å². The number of piperazine rings is 1. The fraction of sp³-hybridized carbons (Fsp3) is 0.286. The Morgan fingerprint density at radius 2 is 1.52 bits per heavy atom. The van der Waals surface area contributed by atoms with Crippen molar-refractivity contribution in [2.75, 3.05) is 45.2 Å². The summed E-state index contributed by atoms with van der Waals surface area (Å²) in [5.74, 6) is 0.810. The van der Waals surface area contributed by atoms with E-state index in [-0.39, 0.29) is 24.3 Å². The fourth-order valence-corrected chi connectivity index (χ4v) is 3.43. The molecule has 2 heterocycles. The number of rotatable bonds is 3. The lowest BCUT2D eigenvalue weighted by atomic mass is 10.1. The van der Waals surface area contributed by atoms with Gasteiger partial charge in [0.2, 0.25) is 0 Å². The minimum Gasteiger partial charge on any atom is -0.497 e. The third-order valence-corrected chi connectivity index (χ3v) is 5.05. The summed E-state index contributed by atoms with van der Waals surface area (Å²) >= 11 is 0. The molecule has 3 amide bonds. The number of ether oxygens (including phenoxy) is 2. The number of carbonyl (C=O) groups is 3. The molecule has 0 aliphatic carbocycles. The average molecular weight is 395 g/mol. The molecule has 8 heteroatoms. The molecule has 4 rings (SSSR count). The largest absolute Gasteiger partial charge is 0.497 e. The van der Waals surface area contributed by atoms with Crippen molar-refractivity contribution in [3.8, 4) is 11.5 Å². The Hall–Kier alpha value is -3.55. The first-order valence-corrected chi connectivity index (χ1v) is 9.34. The van der Waals surface area contributed by atoms with Crippen LogP contribution in [0.25, 0.3) is 0 Å². The predicted octanol–water partition coefficient (Wildman–Crippen LogP) is 1.62. The van der Waals surface area contributed by atoms with Crippen LogP contribution in [0, 0.1) is 0 Å². The lowest BCUT2D eigenvalue weighted by Crippen LogP contribution is -2.50. The zero-order valence-corrected chi connectivity index (χ0v) is 16.0. The molecule has 0 atom stereocenters. The lowest BCUT2D eigenvalue weighted by molar-refractivity contribution is -0.118. The average Bonchev–Trinajstić information content (AvgIpc) is 2.77. The Kier molecular flexibility index (Phi) is 5.07. The Bertz CT molecular complexity index is 949. The Labute approximate surface area is 168 Å². The van der Waals surface area contributed by atoms with Gasteiger partial charge in [-0.05, 0) is 42.5 Å². The van der Waals surface area contributed by atoms with Crippen molar-refractivity contribution in [1.29, 1.82) is 0 Å². The summed E-state index contributed by atoms with van der Waals surface area (Å²) in [6.45, 7) is 1.79. The minimum atomic E-state index is -0.243. The minimum absolute atomic E-state index is 0.0233. The summed E-state index contributed by atoms with van der Waals surface area (Å²) in [4.78, 5) is 40.4. The zero-order valence-electron chi connectivity index (χ0n) is 16.0. The van der Waals surface area contributed by atoms with Gasteiger partial charge in [0.05, 0.1) is 12.8 Å². The quantitative estimate of drug-likeness (QED) is 0.853. The Balaban J connectivity index is 1.39. The maximum Gasteiger partial charge on any atom is 0.262 e. The van der Waals surface area contributed by atoms with Crippen LogP contribution in [0.5, 0.6) is 11.5 Å². The van der Waals surface area contributed by atoms with Gasteiger partial charge in [-0.2, -0.15) is 0 Å². The molecule has 2 aromatic carbocycles. The summed E-state index contributed by atoms with van der Waals surface area (Å²) < 4.78 is 10.4. The molecular formula is C21H21N3O5.